The first-order chi connectivity index (χ1) is 12.9. The van der Waals surface area contributed by atoms with E-state index >= 15 is 0 Å². The van der Waals surface area contributed by atoms with Gasteiger partial charge in [-0.15, -0.1) is 0 Å². The number of aryl methyl sites for hydroxylation is 1. The van der Waals surface area contributed by atoms with Crippen molar-refractivity contribution >= 4 is 17.8 Å². The number of rotatable bonds is 2. The van der Waals surface area contributed by atoms with Crippen LogP contribution in [-0.2, 0) is 27.2 Å². The third kappa shape index (κ3) is 3.20. The van der Waals surface area contributed by atoms with Gasteiger partial charge in [0.05, 0.1) is 12.2 Å². The molecule has 4 rings (SSSR count). The topological polar surface area (TPSA) is 79.0 Å². The molecule has 2 saturated heterocycles. The molecule has 7 nitrogen and oxygen atoms in total. The zero-order valence-corrected chi connectivity index (χ0v) is 15.7. The molecule has 2 aliphatic heterocycles. The summed E-state index contributed by atoms with van der Waals surface area (Å²) in [6.07, 6.45) is 1.67. The van der Waals surface area contributed by atoms with Gasteiger partial charge in [-0.1, -0.05) is 24.3 Å². The molecule has 2 heterocycles. The summed E-state index contributed by atoms with van der Waals surface area (Å²) in [6, 6.07) is 7.52. The van der Waals surface area contributed by atoms with Crippen LogP contribution in [-0.4, -0.2) is 65.0 Å². The van der Waals surface area contributed by atoms with Gasteiger partial charge in [-0.05, 0) is 37.8 Å². The molecule has 1 aromatic rings. The van der Waals surface area contributed by atoms with E-state index in [1.165, 1.54) is 5.56 Å². The second kappa shape index (κ2) is 6.64. The average Bonchev–Trinajstić information content (AvgIpc) is 2.85. The summed E-state index contributed by atoms with van der Waals surface area (Å²) in [7, 11) is 0. The second-order valence-electron chi connectivity index (χ2n) is 7.91. The van der Waals surface area contributed by atoms with E-state index in [1.54, 1.807) is 4.90 Å². The summed E-state index contributed by atoms with van der Waals surface area (Å²) in [4.78, 5) is 41.1. The van der Waals surface area contributed by atoms with E-state index in [0.29, 0.717) is 25.9 Å². The highest BCUT2D eigenvalue weighted by molar-refractivity contribution is 6.09. The highest BCUT2D eigenvalue weighted by Crippen LogP contribution is 2.33. The molecule has 2 fully saturated rings. The van der Waals surface area contributed by atoms with Crippen molar-refractivity contribution in [3.8, 4) is 0 Å². The Hall–Kier alpha value is -2.41. The van der Waals surface area contributed by atoms with Crippen molar-refractivity contribution < 1.29 is 19.1 Å². The van der Waals surface area contributed by atoms with E-state index < -0.39 is 11.6 Å². The van der Waals surface area contributed by atoms with Crippen LogP contribution in [0.1, 0.15) is 31.4 Å². The summed E-state index contributed by atoms with van der Waals surface area (Å²) in [6.45, 7) is 4.57. The molecule has 1 spiro atoms. The van der Waals surface area contributed by atoms with E-state index in [-0.39, 0.29) is 30.6 Å². The Morgan fingerprint density at radius 2 is 1.85 bits per heavy atom. The van der Waals surface area contributed by atoms with E-state index in [9.17, 15) is 14.4 Å². The molecule has 0 saturated carbocycles. The minimum atomic E-state index is -0.919. The van der Waals surface area contributed by atoms with Gasteiger partial charge in [-0.2, -0.15) is 0 Å². The van der Waals surface area contributed by atoms with Gasteiger partial charge in [0.15, 0.2) is 0 Å². The maximum atomic E-state index is 13.1. The lowest BCUT2D eigenvalue weighted by atomic mass is 9.78. The number of imide groups is 1. The molecule has 1 N–H and O–H groups in total. The summed E-state index contributed by atoms with van der Waals surface area (Å²) in [5.74, 6) is -0.501. The molecular formula is C20H25N3O4. The fraction of sp³-hybridized carbons (Fsp3) is 0.550. The van der Waals surface area contributed by atoms with Gasteiger partial charge in [-0.3, -0.25) is 14.5 Å². The van der Waals surface area contributed by atoms with Crippen LogP contribution in [0.4, 0.5) is 4.79 Å². The summed E-state index contributed by atoms with van der Waals surface area (Å²) in [5, 5.41) is 2.88. The first-order valence-electron chi connectivity index (χ1n) is 9.52. The first-order valence-corrected chi connectivity index (χ1v) is 9.52. The van der Waals surface area contributed by atoms with Crippen LogP contribution >= 0.6 is 0 Å². The van der Waals surface area contributed by atoms with Crippen LogP contribution in [0.25, 0.3) is 0 Å². The number of benzene rings is 1. The van der Waals surface area contributed by atoms with Crippen molar-refractivity contribution in [2.24, 2.45) is 0 Å². The third-order valence-corrected chi connectivity index (χ3v) is 5.74. The first kappa shape index (κ1) is 18.0. The molecule has 0 aromatic heterocycles. The van der Waals surface area contributed by atoms with Crippen LogP contribution in [0.15, 0.2) is 24.3 Å². The minimum Gasteiger partial charge on any atom is -0.372 e. The van der Waals surface area contributed by atoms with E-state index in [2.05, 4.69) is 11.4 Å². The van der Waals surface area contributed by atoms with E-state index in [4.69, 9.17) is 4.74 Å². The minimum absolute atomic E-state index is 0.0537. The molecule has 3 aliphatic rings. The van der Waals surface area contributed by atoms with Gasteiger partial charge in [0.25, 0.3) is 5.91 Å². The van der Waals surface area contributed by atoms with Crippen molar-refractivity contribution in [1.29, 1.82) is 0 Å². The number of nitrogens with zero attached hydrogens (tertiary/aromatic N) is 2. The number of hydrogen-bond acceptors (Lipinski definition) is 4. The largest absolute Gasteiger partial charge is 0.372 e. The normalized spacial score (nSPS) is 30.4. The molecule has 0 radical (unpaired) electrons. The Labute approximate surface area is 158 Å². The number of urea groups is 1. The number of ether oxygens (including phenoxy) is 1. The van der Waals surface area contributed by atoms with Crippen molar-refractivity contribution in [1.82, 2.24) is 15.1 Å². The Kier molecular flexibility index (Phi) is 4.42. The van der Waals surface area contributed by atoms with Crippen molar-refractivity contribution in [2.75, 3.05) is 19.6 Å². The van der Waals surface area contributed by atoms with Crippen molar-refractivity contribution in [3.05, 3.63) is 35.4 Å². The van der Waals surface area contributed by atoms with Crippen molar-refractivity contribution in [3.63, 3.8) is 0 Å². The fourth-order valence-corrected chi connectivity index (χ4v) is 4.46. The van der Waals surface area contributed by atoms with Crippen LogP contribution in [0, 0.1) is 0 Å². The van der Waals surface area contributed by atoms with Gasteiger partial charge in [-0.25, -0.2) is 4.79 Å². The lowest BCUT2D eigenvalue weighted by molar-refractivity contribution is -0.146. The molecule has 3 atom stereocenters. The predicted molar refractivity (Wildman–Crippen MR) is 98.0 cm³/mol. The highest BCUT2D eigenvalue weighted by Gasteiger charge is 2.52. The van der Waals surface area contributed by atoms with Crippen LogP contribution in [0.3, 0.4) is 0 Å². The Morgan fingerprint density at radius 3 is 2.56 bits per heavy atom. The molecule has 144 valence electrons. The maximum Gasteiger partial charge on any atom is 0.325 e. The third-order valence-electron chi connectivity index (χ3n) is 5.74. The Bertz CT molecular complexity index is 785. The van der Waals surface area contributed by atoms with E-state index in [1.807, 2.05) is 32.0 Å². The maximum absolute atomic E-state index is 13.1. The predicted octanol–water partition coefficient (Wildman–Crippen LogP) is 1.10. The quantitative estimate of drug-likeness (QED) is 0.790. The second-order valence-corrected chi connectivity index (χ2v) is 7.91. The van der Waals surface area contributed by atoms with Gasteiger partial charge in [0.1, 0.15) is 12.1 Å². The summed E-state index contributed by atoms with van der Waals surface area (Å²) < 4.78 is 5.65. The number of fused-ring (bicyclic) bond motifs is 1. The Balaban J connectivity index is 1.48. The average molecular weight is 371 g/mol. The SMILES string of the molecule is C[C@H]1CN(C(=O)CN2C(=O)N[C@]3(CCc4ccccc4C3)C2=O)C[C@H](C)O1. The van der Waals surface area contributed by atoms with Crippen LogP contribution in [0.2, 0.25) is 0 Å². The molecule has 1 aliphatic carbocycles. The number of amides is 4. The lowest BCUT2D eigenvalue weighted by Crippen LogP contribution is -2.53. The molecule has 0 bridgehead atoms. The molecule has 4 amide bonds. The number of hydrogen-bond donors (Lipinski definition) is 1. The lowest BCUT2D eigenvalue weighted by Gasteiger charge is -2.36. The smallest absolute Gasteiger partial charge is 0.325 e. The van der Waals surface area contributed by atoms with Crippen LogP contribution < -0.4 is 5.32 Å². The fourth-order valence-electron chi connectivity index (χ4n) is 4.46. The molecule has 7 heteroatoms. The molecule has 1 aromatic carbocycles. The molecular weight excluding hydrogens is 346 g/mol. The number of carbonyl (C=O) groups is 3. The van der Waals surface area contributed by atoms with Crippen LogP contribution in [0.5, 0.6) is 0 Å². The highest BCUT2D eigenvalue weighted by atomic mass is 16.5. The van der Waals surface area contributed by atoms with Crippen molar-refractivity contribution in [2.45, 2.75) is 50.9 Å². The van der Waals surface area contributed by atoms with Gasteiger partial charge in [0.2, 0.25) is 5.91 Å². The molecule has 27 heavy (non-hydrogen) atoms. The van der Waals surface area contributed by atoms with Gasteiger partial charge < -0.3 is 15.0 Å². The van der Waals surface area contributed by atoms with Gasteiger partial charge >= 0.3 is 6.03 Å². The summed E-state index contributed by atoms with van der Waals surface area (Å²) in [5.41, 5.74) is 1.38. The zero-order chi connectivity index (χ0) is 19.2. The van der Waals surface area contributed by atoms with E-state index in [0.717, 1.165) is 16.9 Å². The number of nitrogens with one attached hydrogen (secondary N) is 1. The standard InChI is InChI=1S/C20H25N3O4/c1-13-10-22(11-14(2)27-13)17(24)12-23-18(25)20(21-19(23)26)8-7-15-5-3-4-6-16(15)9-20/h3-6,13-14H,7-12H2,1-2H3,(H,21,26)/t13-,14-,20-/m0/s1. The number of morpholine rings is 1. The monoisotopic (exact) mass is 371 g/mol. The summed E-state index contributed by atoms with van der Waals surface area (Å²) >= 11 is 0. The van der Waals surface area contributed by atoms with Gasteiger partial charge in [0, 0.05) is 19.5 Å². The zero-order valence-electron chi connectivity index (χ0n) is 15.7. The molecule has 0 unspecified atom stereocenters. The number of carbonyl (C=O) groups excluding carboxylic acids is 3. The Morgan fingerprint density at radius 1 is 1.19 bits per heavy atom.